The Kier molecular flexibility index (Phi) is 5.84. The van der Waals surface area contributed by atoms with Crippen LogP contribution in [-0.4, -0.2) is 61.2 Å². The number of ether oxygens (including phenoxy) is 1. The molecule has 0 radical (unpaired) electrons. The molecule has 3 heterocycles. The number of halogens is 1. The molecule has 1 aliphatic heterocycles. The molecule has 1 aliphatic rings. The number of nitrogens with one attached hydrogen (secondary N) is 2. The molecule has 162 valence electrons. The molecule has 2 N–H and O–H groups in total. The number of hydrogen-bond donors (Lipinski definition) is 2. The van der Waals surface area contributed by atoms with E-state index in [1.54, 1.807) is 30.5 Å². The Bertz CT molecular complexity index is 1200. The van der Waals surface area contributed by atoms with Gasteiger partial charge in [0.15, 0.2) is 9.84 Å². The summed E-state index contributed by atoms with van der Waals surface area (Å²) in [6.45, 7) is 0.833. The van der Waals surface area contributed by atoms with Crippen LogP contribution in [0.5, 0.6) is 5.75 Å². The van der Waals surface area contributed by atoms with Gasteiger partial charge in [-0.25, -0.2) is 13.4 Å². The van der Waals surface area contributed by atoms with Gasteiger partial charge in [-0.3, -0.25) is 9.89 Å². The molecule has 0 atom stereocenters. The van der Waals surface area contributed by atoms with Crippen molar-refractivity contribution >= 4 is 38.7 Å². The quantitative estimate of drug-likeness (QED) is 0.599. The lowest BCUT2D eigenvalue weighted by Gasteiger charge is -2.29. The average molecular weight is 462 g/mol. The summed E-state index contributed by atoms with van der Waals surface area (Å²) in [4.78, 5) is 19.1. The highest BCUT2D eigenvalue weighted by atomic mass is 35.5. The van der Waals surface area contributed by atoms with Crippen molar-refractivity contribution in [3.8, 4) is 17.1 Å². The molecular weight excluding hydrogens is 442 g/mol. The molecule has 31 heavy (non-hydrogen) atoms. The number of benzene rings is 1. The van der Waals surface area contributed by atoms with E-state index in [4.69, 9.17) is 16.3 Å². The Balaban J connectivity index is 1.55. The summed E-state index contributed by atoms with van der Waals surface area (Å²) >= 11 is 6.17. The molecule has 4 rings (SSSR count). The maximum Gasteiger partial charge on any atom is 0.274 e. The SMILES string of the molecule is COc1cc(N2CCS(=O)(=O)CC2)ccc1NC(=O)c1cc(Cl)cc(-c2cc[nH]n2)n1. The number of methoxy groups -OCH3 is 1. The number of aromatic amines is 1. The molecule has 0 bridgehead atoms. The number of pyridine rings is 1. The van der Waals surface area contributed by atoms with Gasteiger partial charge in [0.25, 0.3) is 5.91 Å². The molecule has 1 aromatic carbocycles. The minimum Gasteiger partial charge on any atom is -0.494 e. The van der Waals surface area contributed by atoms with E-state index in [0.29, 0.717) is 40.9 Å². The molecule has 1 saturated heterocycles. The normalized spacial score (nSPS) is 15.5. The zero-order valence-corrected chi connectivity index (χ0v) is 18.2. The third-order valence-corrected chi connectivity index (χ3v) is 6.76. The third-order valence-electron chi connectivity index (χ3n) is 4.93. The first kappa shape index (κ1) is 21.1. The maximum atomic E-state index is 12.8. The van der Waals surface area contributed by atoms with Gasteiger partial charge in [-0.05, 0) is 30.3 Å². The van der Waals surface area contributed by atoms with E-state index < -0.39 is 15.7 Å². The largest absolute Gasteiger partial charge is 0.494 e. The Morgan fingerprint density at radius 3 is 2.61 bits per heavy atom. The number of carbonyl (C=O) groups excluding carboxylic acids is 1. The van der Waals surface area contributed by atoms with Crippen LogP contribution in [0.3, 0.4) is 0 Å². The summed E-state index contributed by atoms with van der Waals surface area (Å²) in [5.74, 6) is 0.238. The van der Waals surface area contributed by atoms with E-state index in [2.05, 4.69) is 20.5 Å². The van der Waals surface area contributed by atoms with Crippen molar-refractivity contribution in [2.24, 2.45) is 0 Å². The van der Waals surface area contributed by atoms with E-state index in [1.807, 2.05) is 11.0 Å². The molecule has 11 heteroatoms. The molecule has 0 aliphatic carbocycles. The molecule has 3 aromatic rings. The van der Waals surface area contributed by atoms with Crippen molar-refractivity contribution < 1.29 is 17.9 Å². The van der Waals surface area contributed by atoms with E-state index in [9.17, 15) is 13.2 Å². The maximum absolute atomic E-state index is 12.8. The smallest absolute Gasteiger partial charge is 0.274 e. The topological polar surface area (TPSA) is 117 Å². The fourth-order valence-electron chi connectivity index (χ4n) is 3.28. The molecular formula is C20H20ClN5O4S. The van der Waals surface area contributed by atoms with E-state index in [0.717, 1.165) is 5.69 Å². The highest BCUT2D eigenvalue weighted by Gasteiger charge is 2.23. The number of H-pyrrole nitrogens is 1. The second kappa shape index (κ2) is 8.56. The lowest BCUT2D eigenvalue weighted by atomic mass is 10.2. The summed E-state index contributed by atoms with van der Waals surface area (Å²) in [5, 5.41) is 9.92. The second-order valence-corrected chi connectivity index (χ2v) is 9.73. The van der Waals surface area contributed by atoms with Crippen LogP contribution in [0.25, 0.3) is 11.4 Å². The molecule has 2 aromatic heterocycles. The van der Waals surface area contributed by atoms with Crippen molar-refractivity contribution in [3.63, 3.8) is 0 Å². The monoisotopic (exact) mass is 461 g/mol. The van der Waals surface area contributed by atoms with Crippen molar-refractivity contribution in [2.75, 3.05) is 41.9 Å². The standard InChI is InChI=1S/C20H20ClN5O4S/c1-30-19-12-14(26-6-8-31(28,29)9-7-26)2-3-16(19)24-20(27)18-11-13(21)10-17(23-18)15-4-5-22-25-15/h2-5,10-12H,6-9H2,1H3,(H,22,25)(H,24,27). The Morgan fingerprint density at radius 1 is 1.16 bits per heavy atom. The minimum atomic E-state index is -2.97. The van der Waals surface area contributed by atoms with Gasteiger partial charge in [0, 0.05) is 36.1 Å². The zero-order valence-electron chi connectivity index (χ0n) is 16.6. The fraction of sp³-hybridized carbons (Fsp3) is 0.250. The van der Waals surface area contributed by atoms with Gasteiger partial charge in [0.1, 0.15) is 17.1 Å². The first-order valence-electron chi connectivity index (χ1n) is 9.47. The van der Waals surface area contributed by atoms with Crippen LogP contribution in [0.1, 0.15) is 10.5 Å². The number of hydrogen-bond acceptors (Lipinski definition) is 7. The van der Waals surface area contributed by atoms with Gasteiger partial charge < -0.3 is 15.0 Å². The Labute approximate surface area is 184 Å². The van der Waals surface area contributed by atoms with Gasteiger partial charge in [-0.15, -0.1) is 0 Å². The Hall–Kier alpha value is -3.11. The molecule has 0 spiro atoms. The highest BCUT2D eigenvalue weighted by molar-refractivity contribution is 7.91. The van der Waals surface area contributed by atoms with Crippen LogP contribution < -0.4 is 15.0 Å². The summed E-state index contributed by atoms with van der Waals surface area (Å²) in [7, 11) is -1.47. The lowest BCUT2D eigenvalue weighted by molar-refractivity contribution is 0.102. The lowest BCUT2D eigenvalue weighted by Crippen LogP contribution is -2.40. The molecule has 1 fully saturated rings. The summed E-state index contributed by atoms with van der Waals surface area (Å²) in [5.41, 5.74) is 2.47. The first-order valence-corrected chi connectivity index (χ1v) is 11.7. The molecule has 1 amide bonds. The number of sulfone groups is 1. The number of nitrogens with zero attached hydrogens (tertiary/aromatic N) is 3. The van der Waals surface area contributed by atoms with Gasteiger partial charge >= 0.3 is 0 Å². The van der Waals surface area contributed by atoms with Gasteiger partial charge in [-0.2, -0.15) is 5.10 Å². The Morgan fingerprint density at radius 2 is 1.94 bits per heavy atom. The summed E-state index contributed by atoms with van der Waals surface area (Å²) in [6, 6.07) is 10.1. The molecule has 0 saturated carbocycles. The van der Waals surface area contributed by atoms with Crippen LogP contribution in [0, 0.1) is 0 Å². The van der Waals surface area contributed by atoms with E-state index in [-0.39, 0.29) is 17.2 Å². The van der Waals surface area contributed by atoms with E-state index >= 15 is 0 Å². The van der Waals surface area contributed by atoms with Crippen molar-refractivity contribution in [1.82, 2.24) is 15.2 Å². The van der Waals surface area contributed by atoms with Crippen LogP contribution >= 0.6 is 11.6 Å². The van der Waals surface area contributed by atoms with Crippen LogP contribution in [-0.2, 0) is 9.84 Å². The number of anilines is 2. The predicted octanol–water partition coefficient (Wildman–Crippen LogP) is 2.62. The van der Waals surface area contributed by atoms with Crippen molar-refractivity contribution in [1.29, 1.82) is 0 Å². The zero-order chi connectivity index (χ0) is 22.0. The van der Waals surface area contributed by atoms with Crippen LogP contribution in [0.15, 0.2) is 42.6 Å². The highest BCUT2D eigenvalue weighted by Crippen LogP contribution is 2.31. The van der Waals surface area contributed by atoms with Gasteiger partial charge in [-0.1, -0.05) is 11.6 Å². The summed E-state index contributed by atoms with van der Waals surface area (Å²) in [6.07, 6.45) is 1.65. The molecule has 0 unspecified atom stereocenters. The average Bonchev–Trinajstić information content (AvgIpc) is 3.29. The van der Waals surface area contributed by atoms with Gasteiger partial charge in [0.05, 0.1) is 30.0 Å². The van der Waals surface area contributed by atoms with Gasteiger partial charge in [0.2, 0.25) is 0 Å². The minimum absolute atomic E-state index is 0.118. The number of carbonyl (C=O) groups is 1. The number of aromatic nitrogens is 3. The second-order valence-electron chi connectivity index (χ2n) is 6.99. The van der Waals surface area contributed by atoms with Crippen molar-refractivity contribution in [2.45, 2.75) is 0 Å². The van der Waals surface area contributed by atoms with Crippen LogP contribution in [0.4, 0.5) is 11.4 Å². The first-order chi connectivity index (χ1) is 14.8. The van der Waals surface area contributed by atoms with Crippen LogP contribution in [0.2, 0.25) is 5.02 Å². The predicted molar refractivity (Wildman–Crippen MR) is 119 cm³/mol. The fourth-order valence-corrected chi connectivity index (χ4v) is 4.69. The van der Waals surface area contributed by atoms with E-state index in [1.165, 1.54) is 13.2 Å². The number of rotatable bonds is 5. The van der Waals surface area contributed by atoms with Crippen molar-refractivity contribution in [3.05, 3.63) is 53.3 Å². The number of amides is 1. The third kappa shape index (κ3) is 4.80. The summed E-state index contributed by atoms with van der Waals surface area (Å²) < 4.78 is 28.8. The molecule has 9 nitrogen and oxygen atoms in total.